The molecular weight excluding hydrogens is 399 g/mol. The maximum atomic E-state index is 14.3. The van der Waals surface area contributed by atoms with E-state index in [1.807, 2.05) is 6.07 Å². The van der Waals surface area contributed by atoms with Crippen molar-refractivity contribution in [1.82, 2.24) is 4.98 Å². The Morgan fingerprint density at radius 2 is 2.03 bits per heavy atom. The Kier molecular flexibility index (Phi) is 7.33. The number of nitrogens with zero attached hydrogens (tertiary/aromatic N) is 2. The molecule has 7 heteroatoms. The van der Waals surface area contributed by atoms with Crippen LogP contribution in [0.5, 0.6) is 17.2 Å². The summed E-state index contributed by atoms with van der Waals surface area (Å²) < 4.78 is 30.5. The van der Waals surface area contributed by atoms with Gasteiger partial charge in [-0.05, 0) is 61.0 Å². The number of ether oxygens (including phenoxy) is 3. The normalized spacial score (nSPS) is 11.5. The molecule has 0 aliphatic heterocycles. The summed E-state index contributed by atoms with van der Waals surface area (Å²) in [5.41, 5.74) is 0.958. The van der Waals surface area contributed by atoms with Crippen LogP contribution in [0.15, 0.2) is 73.1 Å². The molecule has 2 aromatic carbocycles. The van der Waals surface area contributed by atoms with Crippen molar-refractivity contribution in [3.8, 4) is 23.3 Å². The summed E-state index contributed by atoms with van der Waals surface area (Å²) in [6.45, 7) is 1.81. The van der Waals surface area contributed by atoms with Gasteiger partial charge in [0.2, 0.25) is 0 Å². The van der Waals surface area contributed by atoms with Gasteiger partial charge >= 0.3 is 5.97 Å². The molecule has 0 aliphatic rings. The number of carbonyl (C=O) groups is 1. The molecule has 0 N–H and O–H groups in total. The van der Waals surface area contributed by atoms with Gasteiger partial charge in [-0.2, -0.15) is 5.26 Å². The third-order valence-corrected chi connectivity index (χ3v) is 4.00. The Morgan fingerprint density at radius 3 is 2.77 bits per heavy atom. The molecule has 0 fully saturated rings. The minimum Gasteiger partial charge on any atom is -0.490 e. The monoisotopic (exact) mass is 418 g/mol. The average Bonchev–Trinajstić information content (AvgIpc) is 2.79. The van der Waals surface area contributed by atoms with E-state index in [1.165, 1.54) is 30.5 Å². The molecule has 0 radical (unpaired) electrons. The summed E-state index contributed by atoms with van der Waals surface area (Å²) in [6, 6.07) is 16.4. The highest BCUT2D eigenvalue weighted by atomic mass is 19.1. The maximum absolute atomic E-state index is 14.3. The van der Waals surface area contributed by atoms with Gasteiger partial charge in [-0.15, -0.1) is 0 Å². The van der Waals surface area contributed by atoms with Crippen LogP contribution in [0.2, 0.25) is 0 Å². The van der Waals surface area contributed by atoms with Gasteiger partial charge in [-0.3, -0.25) is 4.98 Å². The molecule has 1 aromatic heterocycles. The average molecular weight is 418 g/mol. The molecule has 0 saturated heterocycles. The Morgan fingerprint density at radius 1 is 1.19 bits per heavy atom. The predicted molar refractivity (Wildman–Crippen MR) is 112 cm³/mol. The Hall–Kier alpha value is -4.18. The molecule has 1 heterocycles. The highest BCUT2D eigenvalue weighted by Crippen LogP contribution is 2.24. The molecule has 0 aliphatic carbocycles. The van der Waals surface area contributed by atoms with E-state index in [0.29, 0.717) is 22.6 Å². The van der Waals surface area contributed by atoms with Crippen molar-refractivity contribution in [2.75, 3.05) is 6.61 Å². The largest absolute Gasteiger partial charge is 0.490 e. The van der Waals surface area contributed by atoms with Gasteiger partial charge < -0.3 is 14.2 Å². The molecule has 0 spiro atoms. The Balaban J connectivity index is 1.50. The van der Waals surface area contributed by atoms with E-state index in [9.17, 15) is 9.18 Å². The van der Waals surface area contributed by atoms with Gasteiger partial charge in [-0.25, -0.2) is 9.18 Å². The third kappa shape index (κ3) is 6.68. The molecule has 31 heavy (non-hydrogen) atoms. The lowest BCUT2D eigenvalue weighted by Gasteiger charge is -2.13. The topological polar surface area (TPSA) is 81.4 Å². The number of halogens is 1. The molecule has 156 valence electrons. The first-order chi connectivity index (χ1) is 15.0. The van der Waals surface area contributed by atoms with E-state index in [4.69, 9.17) is 19.5 Å². The van der Waals surface area contributed by atoms with Gasteiger partial charge in [0, 0.05) is 12.3 Å². The number of rotatable bonds is 8. The zero-order valence-corrected chi connectivity index (χ0v) is 16.7. The minimum absolute atomic E-state index is 0.0546. The fourth-order valence-corrected chi connectivity index (χ4v) is 2.54. The van der Waals surface area contributed by atoms with Crippen LogP contribution in [0.4, 0.5) is 4.39 Å². The van der Waals surface area contributed by atoms with E-state index in [2.05, 4.69) is 4.98 Å². The number of esters is 1. The smallest absolute Gasteiger partial charge is 0.331 e. The quantitative estimate of drug-likeness (QED) is 0.382. The molecule has 3 aromatic rings. The van der Waals surface area contributed by atoms with E-state index < -0.39 is 17.9 Å². The zero-order valence-electron chi connectivity index (χ0n) is 16.7. The summed E-state index contributed by atoms with van der Waals surface area (Å²) >= 11 is 0. The van der Waals surface area contributed by atoms with Crippen LogP contribution in [0, 0.1) is 17.1 Å². The summed E-state index contributed by atoms with van der Waals surface area (Å²) in [6.07, 6.45) is 5.21. The van der Waals surface area contributed by atoms with Gasteiger partial charge in [0.15, 0.2) is 11.6 Å². The third-order valence-electron chi connectivity index (χ3n) is 4.00. The first-order valence-electron chi connectivity index (χ1n) is 9.42. The fourth-order valence-electron chi connectivity index (χ4n) is 2.54. The first kappa shape index (κ1) is 21.5. The second kappa shape index (κ2) is 10.6. The lowest BCUT2D eigenvalue weighted by atomic mass is 10.2. The SMILES string of the molecule is CC(COc1cccc(C#N)c1)OC(=O)/C=C/c1ccc(Oc2cccnc2)c(F)c1. The number of carbonyl (C=O) groups excluding carboxylic acids is 1. The highest BCUT2D eigenvalue weighted by molar-refractivity contribution is 5.87. The van der Waals surface area contributed by atoms with Crippen molar-refractivity contribution >= 4 is 12.0 Å². The molecule has 0 amide bonds. The Labute approximate surface area is 179 Å². The van der Waals surface area contributed by atoms with Crippen LogP contribution < -0.4 is 9.47 Å². The number of aromatic nitrogens is 1. The van der Waals surface area contributed by atoms with Crippen LogP contribution in [0.1, 0.15) is 18.1 Å². The molecule has 6 nitrogen and oxygen atoms in total. The predicted octanol–water partition coefficient (Wildman–Crippen LogP) is 4.91. The lowest BCUT2D eigenvalue weighted by molar-refractivity contribution is -0.143. The lowest BCUT2D eigenvalue weighted by Crippen LogP contribution is -2.20. The summed E-state index contributed by atoms with van der Waals surface area (Å²) in [5, 5.41) is 8.89. The van der Waals surface area contributed by atoms with Crippen LogP contribution in [-0.4, -0.2) is 23.7 Å². The minimum atomic E-state index is -0.585. The zero-order chi connectivity index (χ0) is 22.1. The number of pyridine rings is 1. The molecule has 3 rings (SSSR count). The van der Waals surface area contributed by atoms with Crippen molar-refractivity contribution in [1.29, 1.82) is 5.26 Å². The molecule has 1 atom stereocenters. The van der Waals surface area contributed by atoms with Crippen LogP contribution in [0.25, 0.3) is 6.08 Å². The summed E-state index contributed by atoms with van der Waals surface area (Å²) in [5.74, 6) is -0.164. The van der Waals surface area contributed by atoms with Crippen LogP contribution in [-0.2, 0) is 9.53 Å². The van der Waals surface area contributed by atoms with E-state index >= 15 is 0 Å². The van der Waals surface area contributed by atoms with Crippen molar-refractivity contribution < 1.29 is 23.4 Å². The molecule has 0 bridgehead atoms. The number of benzene rings is 2. The van der Waals surface area contributed by atoms with Crippen LogP contribution >= 0.6 is 0 Å². The molecule has 1 unspecified atom stereocenters. The van der Waals surface area contributed by atoms with Crippen molar-refractivity contribution in [2.24, 2.45) is 0 Å². The highest BCUT2D eigenvalue weighted by Gasteiger charge is 2.09. The van der Waals surface area contributed by atoms with E-state index in [1.54, 1.807) is 55.6 Å². The van der Waals surface area contributed by atoms with Crippen molar-refractivity contribution in [2.45, 2.75) is 13.0 Å². The van der Waals surface area contributed by atoms with Crippen molar-refractivity contribution in [3.05, 3.63) is 90.0 Å². The van der Waals surface area contributed by atoms with Gasteiger partial charge in [-0.1, -0.05) is 12.1 Å². The molecular formula is C24H19FN2O4. The number of hydrogen-bond donors (Lipinski definition) is 0. The first-order valence-corrected chi connectivity index (χ1v) is 9.42. The second-order valence-corrected chi connectivity index (χ2v) is 6.51. The maximum Gasteiger partial charge on any atom is 0.331 e. The van der Waals surface area contributed by atoms with Gasteiger partial charge in [0.05, 0.1) is 17.8 Å². The number of hydrogen-bond acceptors (Lipinski definition) is 6. The van der Waals surface area contributed by atoms with Crippen molar-refractivity contribution in [3.63, 3.8) is 0 Å². The van der Waals surface area contributed by atoms with E-state index in [-0.39, 0.29) is 12.4 Å². The van der Waals surface area contributed by atoms with E-state index in [0.717, 1.165) is 0 Å². The van der Waals surface area contributed by atoms with Crippen LogP contribution in [0.3, 0.4) is 0 Å². The summed E-state index contributed by atoms with van der Waals surface area (Å²) in [4.78, 5) is 15.9. The standard InChI is InChI=1S/C24H19FN2O4/c1-17(16-29-20-5-2-4-19(12-20)14-26)30-24(28)10-8-18-7-9-23(22(25)13-18)31-21-6-3-11-27-15-21/h2-13,15,17H,16H2,1H3/b10-8+. The van der Waals surface area contributed by atoms with Gasteiger partial charge in [0.25, 0.3) is 0 Å². The molecule has 0 saturated carbocycles. The second-order valence-electron chi connectivity index (χ2n) is 6.51. The fraction of sp³-hybridized carbons (Fsp3) is 0.125. The Bertz CT molecular complexity index is 1110. The summed E-state index contributed by atoms with van der Waals surface area (Å²) in [7, 11) is 0. The number of nitriles is 1. The van der Waals surface area contributed by atoms with Gasteiger partial charge in [0.1, 0.15) is 24.2 Å².